The topological polar surface area (TPSA) is 79.6 Å². The summed E-state index contributed by atoms with van der Waals surface area (Å²) in [4.78, 5) is 0. The Balaban J connectivity index is 1.78. The van der Waals surface area contributed by atoms with Crippen molar-refractivity contribution < 1.29 is 4.42 Å². The van der Waals surface area contributed by atoms with Crippen molar-refractivity contribution in [2.24, 2.45) is 0 Å². The summed E-state index contributed by atoms with van der Waals surface area (Å²) in [6.45, 7) is 6.83. The Labute approximate surface area is 122 Å². The van der Waals surface area contributed by atoms with Crippen LogP contribution in [0.1, 0.15) is 22.5 Å². The number of H-pyrrole nitrogens is 1. The summed E-state index contributed by atoms with van der Waals surface area (Å²) in [6.07, 6.45) is 1.33. The van der Waals surface area contributed by atoms with E-state index in [4.69, 9.17) is 4.42 Å². The van der Waals surface area contributed by atoms with E-state index in [9.17, 15) is 0 Å². The molecule has 6 nitrogen and oxygen atoms in total. The van der Waals surface area contributed by atoms with Gasteiger partial charge in [-0.1, -0.05) is 0 Å². The second-order valence-electron chi connectivity index (χ2n) is 5.04. The standard InChI is InChI=1S/C15H17N5O/c1-9-6-12(15-20-17-8-21-15)4-5-14(9)16-7-13-10(2)18-19-11(13)3/h4-6,8,16H,7H2,1-3H3,(H,18,19). The summed E-state index contributed by atoms with van der Waals surface area (Å²) < 4.78 is 5.21. The van der Waals surface area contributed by atoms with Crippen molar-refractivity contribution in [3.05, 3.63) is 47.1 Å². The predicted octanol–water partition coefficient (Wildman–Crippen LogP) is 3.00. The first kappa shape index (κ1) is 13.4. The Morgan fingerprint density at radius 2 is 2.10 bits per heavy atom. The lowest BCUT2D eigenvalue weighted by Gasteiger charge is -2.10. The lowest BCUT2D eigenvalue weighted by Crippen LogP contribution is -2.03. The number of benzene rings is 1. The number of aromatic amines is 1. The van der Waals surface area contributed by atoms with Gasteiger partial charge in [-0.2, -0.15) is 5.10 Å². The summed E-state index contributed by atoms with van der Waals surface area (Å²) >= 11 is 0. The lowest BCUT2D eigenvalue weighted by atomic mass is 10.1. The zero-order valence-corrected chi connectivity index (χ0v) is 12.3. The summed E-state index contributed by atoms with van der Waals surface area (Å²) in [5.41, 5.74) is 6.46. The maximum atomic E-state index is 5.21. The molecule has 21 heavy (non-hydrogen) atoms. The zero-order chi connectivity index (χ0) is 14.8. The third-order valence-corrected chi connectivity index (χ3v) is 3.57. The van der Waals surface area contributed by atoms with Gasteiger partial charge < -0.3 is 9.73 Å². The molecule has 0 aliphatic carbocycles. The third kappa shape index (κ3) is 2.65. The van der Waals surface area contributed by atoms with Crippen LogP contribution in [0.5, 0.6) is 0 Å². The lowest BCUT2D eigenvalue weighted by molar-refractivity contribution is 0.568. The SMILES string of the molecule is Cc1cc(-c2nnco2)ccc1NCc1c(C)n[nH]c1C. The molecule has 3 rings (SSSR count). The van der Waals surface area contributed by atoms with Crippen molar-refractivity contribution >= 4 is 5.69 Å². The Morgan fingerprint density at radius 3 is 2.71 bits per heavy atom. The number of anilines is 1. The van der Waals surface area contributed by atoms with Crippen LogP contribution in [0.25, 0.3) is 11.5 Å². The van der Waals surface area contributed by atoms with Crippen molar-refractivity contribution in [1.82, 2.24) is 20.4 Å². The molecule has 3 aromatic rings. The minimum Gasteiger partial charge on any atom is -0.423 e. The molecule has 0 saturated heterocycles. The first-order chi connectivity index (χ1) is 10.1. The molecule has 0 saturated carbocycles. The zero-order valence-electron chi connectivity index (χ0n) is 12.3. The number of hydrogen-bond acceptors (Lipinski definition) is 5. The van der Waals surface area contributed by atoms with E-state index in [1.807, 2.05) is 32.0 Å². The highest BCUT2D eigenvalue weighted by Gasteiger charge is 2.08. The number of nitrogens with one attached hydrogen (secondary N) is 2. The minimum absolute atomic E-state index is 0.533. The van der Waals surface area contributed by atoms with E-state index in [1.165, 1.54) is 12.0 Å². The van der Waals surface area contributed by atoms with Gasteiger partial charge in [0.2, 0.25) is 12.3 Å². The van der Waals surface area contributed by atoms with E-state index in [1.54, 1.807) is 0 Å². The van der Waals surface area contributed by atoms with Crippen LogP contribution in [0.3, 0.4) is 0 Å². The third-order valence-electron chi connectivity index (χ3n) is 3.57. The molecule has 0 bridgehead atoms. The molecular weight excluding hydrogens is 266 g/mol. The Kier molecular flexibility index (Phi) is 3.43. The number of aromatic nitrogens is 4. The van der Waals surface area contributed by atoms with Gasteiger partial charge in [0.15, 0.2) is 0 Å². The Morgan fingerprint density at radius 1 is 1.24 bits per heavy atom. The normalized spacial score (nSPS) is 10.8. The number of nitrogens with zero attached hydrogens (tertiary/aromatic N) is 3. The van der Waals surface area contributed by atoms with Gasteiger partial charge in [0, 0.05) is 29.1 Å². The monoisotopic (exact) mass is 283 g/mol. The fourth-order valence-corrected chi connectivity index (χ4v) is 2.31. The van der Waals surface area contributed by atoms with Crippen LogP contribution >= 0.6 is 0 Å². The summed E-state index contributed by atoms with van der Waals surface area (Å²) in [6, 6.07) is 6.03. The molecule has 0 unspecified atom stereocenters. The summed E-state index contributed by atoms with van der Waals surface area (Å²) in [5, 5.41) is 18.3. The molecule has 2 N–H and O–H groups in total. The van der Waals surface area contributed by atoms with Crippen molar-refractivity contribution in [2.75, 3.05) is 5.32 Å². The molecule has 108 valence electrons. The molecule has 0 fully saturated rings. The molecule has 0 amide bonds. The number of hydrogen-bond donors (Lipinski definition) is 2. The van der Waals surface area contributed by atoms with E-state index < -0.39 is 0 Å². The predicted molar refractivity (Wildman–Crippen MR) is 79.9 cm³/mol. The van der Waals surface area contributed by atoms with Gasteiger partial charge in [0.25, 0.3) is 0 Å². The molecule has 0 atom stereocenters. The van der Waals surface area contributed by atoms with Crippen molar-refractivity contribution in [2.45, 2.75) is 27.3 Å². The first-order valence-corrected chi connectivity index (χ1v) is 6.76. The second kappa shape index (κ2) is 5.40. The Hall–Kier alpha value is -2.63. The van der Waals surface area contributed by atoms with Gasteiger partial charge in [-0.05, 0) is 44.5 Å². The van der Waals surface area contributed by atoms with Gasteiger partial charge in [-0.15, -0.1) is 10.2 Å². The fourth-order valence-electron chi connectivity index (χ4n) is 2.31. The number of rotatable bonds is 4. The van der Waals surface area contributed by atoms with Gasteiger partial charge in [0.05, 0.1) is 5.69 Å². The second-order valence-corrected chi connectivity index (χ2v) is 5.04. The van der Waals surface area contributed by atoms with Crippen LogP contribution in [-0.2, 0) is 6.54 Å². The van der Waals surface area contributed by atoms with E-state index in [2.05, 4.69) is 32.6 Å². The van der Waals surface area contributed by atoms with E-state index in [0.29, 0.717) is 5.89 Å². The molecule has 2 aromatic heterocycles. The van der Waals surface area contributed by atoms with Crippen LogP contribution in [0.4, 0.5) is 5.69 Å². The van der Waals surface area contributed by atoms with Gasteiger partial charge in [0.1, 0.15) is 0 Å². The molecule has 0 spiro atoms. The molecule has 1 aromatic carbocycles. The first-order valence-electron chi connectivity index (χ1n) is 6.76. The average Bonchev–Trinajstić information content (AvgIpc) is 3.10. The molecular formula is C15H17N5O. The van der Waals surface area contributed by atoms with Crippen LogP contribution in [0.15, 0.2) is 29.0 Å². The molecule has 0 radical (unpaired) electrons. The van der Waals surface area contributed by atoms with Crippen LogP contribution < -0.4 is 5.32 Å². The largest absolute Gasteiger partial charge is 0.423 e. The van der Waals surface area contributed by atoms with Crippen molar-refractivity contribution in [3.8, 4) is 11.5 Å². The highest BCUT2D eigenvalue weighted by Crippen LogP contribution is 2.24. The maximum absolute atomic E-state index is 5.21. The van der Waals surface area contributed by atoms with Gasteiger partial charge in [-0.3, -0.25) is 5.10 Å². The average molecular weight is 283 g/mol. The summed E-state index contributed by atoms with van der Waals surface area (Å²) in [7, 11) is 0. The van der Waals surface area contributed by atoms with E-state index in [0.717, 1.165) is 34.7 Å². The van der Waals surface area contributed by atoms with Gasteiger partial charge in [-0.25, -0.2) is 0 Å². The molecule has 0 aliphatic heterocycles. The Bertz CT molecular complexity index is 726. The smallest absolute Gasteiger partial charge is 0.247 e. The minimum atomic E-state index is 0.533. The fraction of sp³-hybridized carbons (Fsp3) is 0.267. The molecule has 2 heterocycles. The van der Waals surface area contributed by atoms with E-state index in [-0.39, 0.29) is 0 Å². The highest BCUT2D eigenvalue weighted by atomic mass is 16.4. The quantitative estimate of drug-likeness (QED) is 0.769. The van der Waals surface area contributed by atoms with E-state index >= 15 is 0 Å². The number of aryl methyl sites for hydroxylation is 3. The molecule has 0 aliphatic rings. The maximum Gasteiger partial charge on any atom is 0.247 e. The van der Waals surface area contributed by atoms with Crippen LogP contribution in [0, 0.1) is 20.8 Å². The summed E-state index contributed by atoms with van der Waals surface area (Å²) in [5.74, 6) is 0.533. The van der Waals surface area contributed by atoms with Crippen LogP contribution in [-0.4, -0.2) is 20.4 Å². The molecule has 6 heteroatoms. The van der Waals surface area contributed by atoms with Gasteiger partial charge >= 0.3 is 0 Å². The van der Waals surface area contributed by atoms with Crippen molar-refractivity contribution in [3.63, 3.8) is 0 Å². The highest BCUT2D eigenvalue weighted by molar-refractivity contribution is 5.62. The van der Waals surface area contributed by atoms with Crippen LogP contribution in [0.2, 0.25) is 0 Å². The van der Waals surface area contributed by atoms with Crippen molar-refractivity contribution in [1.29, 1.82) is 0 Å².